The molecule has 0 spiro atoms. The van der Waals surface area contributed by atoms with Crippen LogP contribution in [0.1, 0.15) is 33.1 Å². The summed E-state index contributed by atoms with van der Waals surface area (Å²) in [5.41, 5.74) is 5.18. The molecule has 1 aliphatic rings. The zero-order valence-corrected chi connectivity index (χ0v) is 10.8. The number of nitrogens with two attached hydrogens (primary N) is 1. The second kappa shape index (κ2) is 6.47. The summed E-state index contributed by atoms with van der Waals surface area (Å²) in [6.45, 7) is 6.95. The fraction of sp³-hybridized carbons (Fsp3) is 0.833. The summed E-state index contributed by atoms with van der Waals surface area (Å²) in [4.78, 5) is 26.6. The van der Waals surface area contributed by atoms with Crippen molar-refractivity contribution < 1.29 is 9.59 Å². The van der Waals surface area contributed by atoms with Crippen LogP contribution in [0.2, 0.25) is 0 Å². The third kappa shape index (κ3) is 3.91. The molecular formula is C12H23N3O2. The van der Waals surface area contributed by atoms with Gasteiger partial charge in [0, 0.05) is 32.6 Å². The van der Waals surface area contributed by atoms with Crippen molar-refractivity contribution >= 4 is 11.9 Å². The monoisotopic (exact) mass is 241 g/mol. The van der Waals surface area contributed by atoms with Crippen LogP contribution in [0.15, 0.2) is 0 Å². The Labute approximate surface area is 103 Å². The third-order valence-corrected chi connectivity index (χ3v) is 3.41. The molecule has 0 bridgehead atoms. The van der Waals surface area contributed by atoms with E-state index in [1.807, 2.05) is 23.6 Å². The number of amides is 3. The van der Waals surface area contributed by atoms with E-state index in [0.29, 0.717) is 12.3 Å². The lowest BCUT2D eigenvalue weighted by Crippen LogP contribution is -2.46. The molecule has 0 saturated carbocycles. The van der Waals surface area contributed by atoms with Gasteiger partial charge < -0.3 is 15.5 Å². The molecule has 0 radical (unpaired) electrons. The molecular weight excluding hydrogens is 218 g/mol. The number of piperidine rings is 1. The lowest BCUT2D eigenvalue weighted by molar-refractivity contribution is -0.119. The van der Waals surface area contributed by atoms with Crippen molar-refractivity contribution in [2.24, 2.45) is 11.7 Å². The van der Waals surface area contributed by atoms with Crippen molar-refractivity contribution in [2.75, 3.05) is 26.2 Å². The van der Waals surface area contributed by atoms with Crippen LogP contribution < -0.4 is 5.73 Å². The highest BCUT2D eigenvalue weighted by Gasteiger charge is 2.25. The first-order valence-corrected chi connectivity index (χ1v) is 6.40. The largest absolute Gasteiger partial charge is 0.370 e. The van der Waals surface area contributed by atoms with Gasteiger partial charge in [0.1, 0.15) is 0 Å². The van der Waals surface area contributed by atoms with Crippen LogP contribution >= 0.6 is 0 Å². The van der Waals surface area contributed by atoms with Crippen molar-refractivity contribution in [3.63, 3.8) is 0 Å². The summed E-state index contributed by atoms with van der Waals surface area (Å²) >= 11 is 0. The van der Waals surface area contributed by atoms with Gasteiger partial charge in [-0.2, -0.15) is 0 Å². The Morgan fingerprint density at radius 1 is 1.24 bits per heavy atom. The molecule has 1 rings (SSSR count). The van der Waals surface area contributed by atoms with Gasteiger partial charge in [0.2, 0.25) is 5.91 Å². The summed E-state index contributed by atoms with van der Waals surface area (Å²) < 4.78 is 0. The standard InChI is InChI=1S/C12H23N3O2/c1-3-14(4-2)12(17)15-7-5-10(6-8-15)9-11(13)16/h10H,3-9H2,1-2H3,(H2,13,16). The van der Waals surface area contributed by atoms with Gasteiger partial charge in [0.15, 0.2) is 0 Å². The van der Waals surface area contributed by atoms with E-state index in [-0.39, 0.29) is 11.9 Å². The average Bonchev–Trinajstić information content (AvgIpc) is 2.30. The minimum Gasteiger partial charge on any atom is -0.370 e. The number of nitrogens with zero attached hydrogens (tertiary/aromatic N) is 2. The molecule has 1 heterocycles. The van der Waals surface area contributed by atoms with Gasteiger partial charge in [-0.05, 0) is 32.6 Å². The van der Waals surface area contributed by atoms with Crippen LogP contribution in [0.5, 0.6) is 0 Å². The fourth-order valence-electron chi connectivity index (χ4n) is 2.31. The molecule has 17 heavy (non-hydrogen) atoms. The van der Waals surface area contributed by atoms with Gasteiger partial charge in [-0.1, -0.05) is 0 Å². The average molecular weight is 241 g/mol. The molecule has 0 aromatic carbocycles. The van der Waals surface area contributed by atoms with E-state index in [1.54, 1.807) is 0 Å². The molecule has 98 valence electrons. The third-order valence-electron chi connectivity index (χ3n) is 3.41. The van der Waals surface area contributed by atoms with Gasteiger partial charge in [0.05, 0.1) is 0 Å². The number of carbonyl (C=O) groups is 2. The molecule has 1 fully saturated rings. The van der Waals surface area contributed by atoms with Crippen LogP contribution in [0.4, 0.5) is 4.79 Å². The Morgan fingerprint density at radius 3 is 2.18 bits per heavy atom. The highest BCUT2D eigenvalue weighted by Crippen LogP contribution is 2.20. The molecule has 0 atom stereocenters. The number of carbonyl (C=O) groups excluding carboxylic acids is 2. The van der Waals surface area contributed by atoms with E-state index in [1.165, 1.54) is 0 Å². The SMILES string of the molecule is CCN(CC)C(=O)N1CCC(CC(N)=O)CC1. The maximum Gasteiger partial charge on any atom is 0.319 e. The molecule has 0 aliphatic carbocycles. The van der Waals surface area contributed by atoms with Crippen LogP contribution in [-0.4, -0.2) is 47.9 Å². The molecule has 3 amide bonds. The van der Waals surface area contributed by atoms with Crippen molar-refractivity contribution in [1.82, 2.24) is 9.80 Å². The number of hydrogen-bond donors (Lipinski definition) is 1. The van der Waals surface area contributed by atoms with E-state index in [9.17, 15) is 9.59 Å². The number of rotatable bonds is 4. The first kappa shape index (κ1) is 13.8. The second-order valence-electron chi connectivity index (χ2n) is 4.56. The highest BCUT2D eigenvalue weighted by molar-refractivity contribution is 5.75. The van der Waals surface area contributed by atoms with Crippen molar-refractivity contribution in [3.05, 3.63) is 0 Å². The molecule has 1 saturated heterocycles. The summed E-state index contributed by atoms with van der Waals surface area (Å²) in [6, 6.07) is 0.118. The van der Waals surface area contributed by atoms with Gasteiger partial charge in [-0.25, -0.2) is 4.79 Å². The molecule has 5 heteroatoms. The molecule has 1 aliphatic heterocycles. The lowest BCUT2D eigenvalue weighted by atomic mass is 9.93. The predicted octanol–water partition coefficient (Wildman–Crippen LogP) is 1.04. The maximum absolute atomic E-state index is 12.0. The minimum atomic E-state index is -0.237. The number of hydrogen-bond acceptors (Lipinski definition) is 2. The van der Waals surface area contributed by atoms with Crippen molar-refractivity contribution in [1.29, 1.82) is 0 Å². The van der Waals surface area contributed by atoms with Crippen molar-refractivity contribution in [2.45, 2.75) is 33.1 Å². The van der Waals surface area contributed by atoms with E-state index in [4.69, 9.17) is 5.73 Å². The Hall–Kier alpha value is -1.26. The quantitative estimate of drug-likeness (QED) is 0.799. The summed E-state index contributed by atoms with van der Waals surface area (Å²) in [5.74, 6) is 0.117. The van der Waals surface area contributed by atoms with Gasteiger partial charge in [0.25, 0.3) is 0 Å². The van der Waals surface area contributed by atoms with Crippen LogP contribution in [0.25, 0.3) is 0 Å². The van der Waals surface area contributed by atoms with Gasteiger partial charge in [-0.3, -0.25) is 4.79 Å². The van der Waals surface area contributed by atoms with E-state index >= 15 is 0 Å². The smallest absolute Gasteiger partial charge is 0.319 e. The van der Waals surface area contributed by atoms with Crippen LogP contribution in [0.3, 0.4) is 0 Å². The van der Waals surface area contributed by atoms with Gasteiger partial charge >= 0.3 is 6.03 Å². The Kier molecular flexibility index (Phi) is 5.25. The first-order chi connectivity index (χ1) is 8.08. The number of primary amides is 1. The first-order valence-electron chi connectivity index (χ1n) is 6.40. The molecule has 0 aromatic heterocycles. The van der Waals surface area contributed by atoms with Crippen LogP contribution in [-0.2, 0) is 4.79 Å². The summed E-state index contributed by atoms with van der Waals surface area (Å²) in [6.07, 6.45) is 2.22. The van der Waals surface area contributed by atoms with E-state index in [2.05, 4.69) is 0 Å². The normalized spacial score (nSPS) is 16.9. The fourth-order valence-corrected chi connectivity index (χ4v) is 2.31. The maximum atomic E-state index is 12.0. The zero-order chi connectivity index (χ0) is 12.8. The molecule has 5 nitrogen and oxygen atoms in total. The Morgan fingerprint density at radius 2 is 1.76 bits per heavy atom. The minimum absolute atomic E-state index is 0.118. The lowest BCUT2D eigenvalue weighted by Gasteiger charge is -2.34. The summed E-state index contributed by atoms with van der Waals surface area (Å²) in [7, 11) is 0. The van der Waals surface area contributed by atoms with Gasteiger partial charge in [-0.15, -0.1) is 0 Å². The molecule has 0 aromatic rings. The highest BCUT2D eigenvalue weighted by atomic mass is 16.2. The Balaban J connectivity index is 2.40. The Bertz CT molecular complexity index is 269. The van der Waals surface area contributed by atoms with Crippen LogP contribution in [0, 0.1) is 5.92 Å². The van der Waals surface area contributed by atoms with E-state index < -0.39 is 0 Å². The molecule has 2 N–H and O–H groups in total. The second-order valence-corrected chi connectivity index (χ2v) is 4.56. The number of likely N-dealkylation sites (tertiary alicyclic amines) is 1. The number of urea groups is 1. The predicted molar refractivity (Wildman–Crippen MR) is 66.4 cm³/mol. The molecule has 0 unspecified atom stereocenters. The topological polar surface area (TPSA) is 66.6 Å². The summed E-state index contributed by atoms with van der Waals surface area (Å²) in [5, 5.41) is 0. The van der Waals surface area contributed by atoms with Crippen molar-refractivity contribution in [3.8, 4) is 0 Å². The zero-order valence-electron chi connectivity index (χ0n) is 10.8. The van der Waals surface area contributed by atoms with E-state index in [0.717, 1.165) is 39.0 Å².